The first-order chi connectivity index (χ1) is 11.3. The third-order valence-corrected chi connectivity index (χ3v) is 6.09. The van der Waals surface area contributed by atoms with Crippen LogP contribution in [0.1, 0.15) is 34.0 Å². The number of nitrogens with two attached hydrogens (primary N) is 2. The van der Waals surface area contributed by atoms with Gasteiger partial charge in [0.15, 0.2) is 0 Å². The van der Waals surface area contributed by atoms with Gasteiger partial charge in [0, 0.05) is 34.7 Å². The van der Waals surface area contributed by atoms with E-state index in [2.05, 4.69) is 16.3 Å². The lowest BCUT2D eigenvalue weighted by Crippen LogP contribution is -2.24. The summed E-state index contributed by atoms with van der Waals surface area (Å²) in [6.07, 6.45) is 4.15. The van der Waals surface area contributed by atoms with Crippen LogP contribution in [0.3, 0.4) is 0 Å². The van der Waals surface area contributed by atoms with Crippen LogP contribution in [-0.2, 0) is 16.4 Å². The van der Waals surface area contributed by atoms with Crippen molar-refractivity contribution in [2.45, 2.75) is 25.7 Å². The largest absolute Gasteiger partial charge is 0.369 e. The number of aromatic nitrogens is 1. The monoisotopic (exact) mass is 401 g/mol. The third kappa shape index (κ3) is 3.88. The molecule has 25 heavy (non-hydrogen) atoms. The minimum absolute atomic E-state index is 0. The number of thiophene rings is 1. The highest BCUT2D eigenvalue weighted by Crippen LogP contribution is 2.37. The molecule has 136 valence electrons. The summed E-state index contributed by atoms with van der Waals surface area (Å²) in [5.74, 6) is 0.0303. The number of hydrogen-bond donors (Lipinski definition) is 2. The molecule has 3 rings (SSSR count). The van der Waals surface area contributed by atoms with Gasteiger partial charge in [0.2, 0.25) is 16.0 Å². The van der Waals surface area contributed by atoms with Crippen LogP contribution in [0.5, 0.6) is 0 Å². The Balaban J connectivity index is 0.00000225. The van der Waals surface area contributed by atoms with Crippen LogP contribution in [0, 0.1) is 6.92 Å². The molecule has 1 aliphatic carbocycles. The summed E-state index contributed by atoms with van der Waals surface area (Å²) in [7, 11) is -3.39. The summed E-state index contributed by atoms with van der Waals surface area (Å²) >= 11 is 1.65. The summed E-state index contributed by atoms with van der Waals surface area (Å²) in [5.41, 5.74) is 13.9. The number of hydrogen-bond acceptors (Lipinski definition) is 5. The van der Waals surface area contributed by atoms with E-state index in [1.165, 1.54) is 15.1 Å². The Labute approximate surface area is 156 Å². The average Bonchev–Trinajstić information content (AvgIpc) is 3.12. The Bertz CT molecular complexity index is 926. The van der Waals surface area contributed by atoms with Gasteiger partial charge in [0.1, 0.15) is 0 Å². The Kier molecular flexibility index (Phi) is 5.60. The molecule has 10 heteroatoms. The van der Waals surface area contributed by atoms with Crippen molar-refractivity contribution in [3.63, 3.8) is 0 Å². The van der Waals surface area contributed by atoms with Gasteiger partial charge in [-0.05, 0) is 30.4 Å². The minimum Gasteiger partial charge on any atom is -0.369 e. The summed E-state index contributed by atoms with van der Waals surface area (Å²) in [4.78, 5) is 1.19. The summed E-state index contributed by atoms with van der Waals surface area (Å²) < 4.78 is 25.6. The Morgan fingerprint density at radius 3 is 2.64 bits per heavy atom. The normalized spacial score (nSPS) is 18.5. The highest BCUT2D eigenvalue weighted by atomic mass is 35.5. The van der Waals surface area contributed by atoms with E-state index in [9.17, 15) is 8.42 Å². The second-order valence-electron chi connectivity index (χ2n) is 5.88. The van der Waals surface area contributed by atoms with Crippen LogP contribution < -0.4 is 11.5 Å². The molecule has 0 fully saturated rings. The van der Waals surface area contributed by atoms with Gasteiger partial charge in [-0.3, -0.25) is 0 Å². The summed E-state index contributed by atoms with van der Waals surface area (Å²) in [5, 5.41) is 9.98. The van der Waals surface area contributed by atoms with E-state index in [-0.39, 0.29) is 24.3 Å². The molecule has 0 aromatic carbocycles. The fourth-order valence-electron chi connectivity index (χ4n) is 3.11. The Hall–Kier alpha value is -1.84. The molecule has 1 atom stereocenters. The van der Waals surface area contributed by atoms with Gasteiger partial charge in [-0.15, -0.1) is 28.8 Å². The van der Waals surface area contributed by atoms with Gasteiger partial charge in [-0.1, -0.05) is 6.07 Å². The van der Waals surface area contributed by atoms with Crippen LogP contribution in [0.15, 0.2) is 33.9 Å². The van der Waals surface area contributed by atoms with Gasteiger partial charge in [0.05, 0.1) is 12.0 Å². The molecular weight excluding hydrogens is 382 g/mol. The highest BCUT2D eigenvalue weighted by Gasteiger charge is 2.32. The van der Waals surface area contributed by atoms with Crippen LogP contribution in [0.4, 0.5) is 0 Å². The maximum Gasteiger partial charge on any atom is 0.235 e. The lowest BCUT2D eigenvalue weighted by atomic mass is 9.84. The van der Waals surface area contributed by atoms with E-state index in [4.69, 9.17) is 11.5 Å². The van der Waals surface area contributed by atoms with Crippen LogP contribution in [0.25, 0.3) is 0 Å². The van der Waals surface area contributed by atoms with Crippen LogP contribution >= 0.6 is 23.7 Å². The molecule has 4 N–H and O–H groups in total. The first-order valence-corrected chi connectivity index (χ1v) is 10.1. The summed E-state index contributed by atoms with van der Waals surface area (Å²) in [6.45, 7) is 1.87. The quantitative estimate of drug-likeness (QED) is 0.463. The highest BCUT2D eigenvalue weighted by molar-refractivity contribution is 7.89. The van der Waals surface area contributed by atoms with Gasteiger partial charge >= 0.3 is 0 Å². The molecule has 0 amide bonds. The van der Waals surface area contributed by atoms with E-state index in [1.807, 2.05) is 18.4 Å². The van der Waals surface area contributed by atoms with Crippen molar-refractivity contribution in [3.05, 3.63) is 45.4 Å². The zero-order valence-electron chi connectivity index (χ0n) is 13.8. The van der Waals surface area contributed by atoms with Crippen LogP contribution in [-0.4, -0.2) is 30.3 Å². The van der Waals surface area contributed by atoms with Crippen molar-refractivity contribution in [2.24, 2.45) is 21.7 Å². The fourth-order valence-corrected chi connectivity index (χ4v) is 4.86. The van der Waals surface area contributed by atoms with Crippen molar-refractivity contribution in [2.75, 3.05) is 6.26 Å². The standard InChI is InChI=1S/C15H19N5O2S2.ClH/c1-9-8-20(24(2,21)22)12-7-10(13-4-3-5-23-13)6-11(14(9)12)18-19-15(16)17;/h3-5,8,10H,6-7H2,1-2H3,(H4,16,17,19);1H. The van der Waals surface area contributed by atoms with E-state index < -0.39 is 10.0 Å². The molecule has 0 aliphatic heterocycles. The lowest BCUT2D eigenvalue weighted by molar-refractivity contribution is 0.588. The molecular formula is C15H20ClN5O2S2. The molecule has 2 heterocycles. The third-order valence-electron chi connectivity index (χ3n) is 4.02. The SMILES string of the molecule is Cc1cn(S(C)(=O)=O)c2c1C(=NN=C(N)N)CC(c1cccs1)C2.Cl. The fraction of sp³-hybridized carbons (Fsp3) is 0.333. The maximum atomic E-state index is 12.1. The van der Waals surface area contributed by atoms with Gasteiger partial charge in [-0.2, -0.15) is 5.10 Å². The summed E-state index contributed by atoms with van der Waals surface area (Å²) in [6, 6.07) is 4.04. The number of nitrogens with zero attached hydrogens (tertiary/aromatic N) is 3. The first kappa shape index (κ1) is 19.5. The predicted molar refractivity (Wildman–Crippen MR) is 104 cm³/mol. The zero-order valence-corrected chi connectivity index (χ0v) is 16.3. The van der Waals surface area contributed by atoms with Crippen molar-refractivity contribution in [1.29, 1.82) is 0 Å². The van der Waals surface area contributed by atoms with E-state index in [1.54, 1.807) is 17.5 Å². The molecule has 0 saturated heterocycles. The molecule has 1 aliphatic rings. The number of rotatable bonds is 3. The minimum atomic E-state index is -3.39. The number of fused-ring (bicyclic) bond motifs is 1. The van der Waals surface area contributed by atoms with E-state index in [0.29, 0.717) is 18.6 Å². The molecule has 0 radical (unpaired) electrons. The smallest absolute Gasteiger partial charge is 0.235 e. The van der Waals surface area contributed by atoms with Gasteiger partial charge < -0.3 is 11.5 Å². The van der Waals surface area contributed by atoms with E-state index in [0.717, 1.165) is 16.8 Å². The molecule has 7 nitrogen and oxygen atoms in total. The van der Waals surface area contributed by atoms with Crippen molar-refractivity contribution in [3.8, 4) is 0 Å². The second kappa shape index (κ2) is 7.19. The molecule has 0 spiro atoms. The number of aryl methyl sites for hydroxylation is 1. The molecule has 2 aromatic rings. The molecule has 0 bridgehead atoms. The second-order valence-corrected chi connectivity index (χ2v) is 8.72. The molecule has 2 aromatic heterocycles. The van der Waals surface area contributed by atoms with Gasteiger partial charge in [-0.25, -0.2) is 12.4 Å². The first-order valence-electron chi connectivity index (χ1n) is 7.38. The Morgan fingerprint density at radius 1 is 1.36 bits per heavy atom. The topological polar surface area (TPSA) is 116 Å². The molecule has 0 saturated carbocycles. The Morgan fingerprint density at radius 2 is 2.08 bits per heavy atom. The molecule has 1 unspecified atom stereocenters. The number of halogens is 1. The van der Waals surface area contributed by atoms with Gasteiger partial charge in [0.25, 0.3) is 0 Å². The average molecular weight is 402 g/mol. The zero-order chi connectivity index (χ0) is 17.5. The van der Waals surface area contributed by atoms with Crippen LogP contribution in [0.2, 0.25) is 0 Å². The van der Waals surface area contributed by atoms with Crippen molar-refractivity contribution < 1.29 is 8.42 Å². The van der Waals surface area contributed by atoms with Crippen molar-refractivity contribution >= 4 is 45.4 Å². The lowest BCUT2D eigenvalue weighted by Gasteiger charge is -2.24. The number of guanidine groups is 1. The van der Waals surface area contributed by atoms with E-state index >= 15 is 0 Å². The van der Waals surface area contributed by atoms with Crippen molar-refractivity contribution in [1.82, 2.24) is 3.97 Å². The maximum absolute atomic E-state index is 12.1. The predicted octanol–water partition coefficient (Wildman–Crippen LogP) is 1.80.